The summed E-state index contributed by atoms with van der Waals surface area (Å²) in [5.74, 6) is -0.572. The summed E-state index contributed by atoms with van der Waals surface area (Å²) < 4.78 is 5.07. The zero-order valence-electron chi connectivity index (χ0n) is 14.2. The largest absolute Gasteiger partial charge is 0.462 e. The molecule has 0 atom stereocenters. The van der Waals surface area contributed by atoms with Gasteiger partial charge in [-0.05, 0) is 41.3 Å². The van der Waals surface area contributed by atoms with Crippen molar-refractivity contribution in [3.63, 3.8) is 0 Å². The van der Waals surface area contributed by atoms with Gasteiger partial charge in [-0.1, -0.05) is 49.8 Å². The molecule has 0 fully saturated rings. The van der Waals surface area contributed by atoms with Crippen molar-refractivity contribution in [1.82, 2.24) is 4.98 Å². The summed E-state index contributed by atoms with van der Waals surface area (Å²) in [7, 11) is 0. The molecule has 2 rings (SSSR count). The zero-order valence-corrected chi connectivity index (χ0v) is 14.2. The third kappa shape index (κ3) is 6.08. The Kier molecular flexibility index (Phi) is 7.14. The van der Waals surface area contributed by atoms with E-state index in [2.05, 4.69) is 4.98 Å². The number of nitriles is 1. The fraction of sp³-hybridized carbons (Fsp3) is 0.190. The minimum atomic E-state index is -0.572. The Hall–Kier alpha value is -3.19. The molecule has 0 unspecified atom stereocenters. The first kappa shape index (κ1) is 18.2. The Morgan fingerprint density at radius 2 is 1.68 bits per heavy atom. The fourth-order valence-corrected chi connectivity index (χ4v) is 2.06. The van der Waals surface area contributed by atoms with Crippen LogP contribution in [0.15, 0.2) is 54.4 Å². The summed E-state index contributed by atoms with van der Waals surface area (Å²) >= 11 is 0. The Morgan fingerprint density at radius 1 is 1.08 bits per heavy atom. The summed E-state index contributed by atoms with van der Waals surface area (Å²) in [6, 6.07) is 13.4. The van der Waals surface area contributed by atoms with Crippen LogP contribution in [0.4, 0.5) is 0 Å². The number of unbranched alkanes of at least 4 members (excludes halogenated alkanes) is 1. The van der Waals surface area contributed by atoms with Gasteiger partial charge in [0.15, 0.2) is 0 Å². The van der Waals surface area contributed by atoms with Crippen molar-refractivity contribution in [2.24, 2.45) is 0 Å². The van der Waals surface area contributed by atoms with Gasteiger partial charge in [-0.3, -0.25) is 4.98 Å². The molecule has 0 radical (unpaired) electrons. The van der Waals surface area contributed by atoms with E-state index in [-0.39, 0.29) is 5.57 Å². The van der Waals surface area contributed by atoms with Crippen molar-refractivity contribution in [2.45, 2.75) is 19.8 Å². The SMILES string of the molecule is CCCCOC(=O)/C(C#N)=C/c1ccc(/C=C/c2ccncc2)cc1. The maximum atomic E-state index is 11.9. The lowest BCUT2D eigenvalue weighted by Gasteiger charge is -2.02. The predicted octanol–water partition coefficient (Wildman–Crippen LogP) is 4.50. The molecule has 0 N–H and O–H groups in total. The number of carbonyl (C=O) groups excluding carboxylic acids is 1. The summed E-state index contributed by atoms with van der Waals surface area (Å²) in [4.78, 5) is 15.8. The number of benzene rings is 1. The molecular formula is C21H20N2O2. The lowest BCUT2D eigenvalue weighted by molar-refractivity contribution is -0.138. The molecule has 4 nitrogen and oxygen atoms in total. The van der Waals surface area contributed by atoms with Crippen molar-refractivity contribution < 1.29 is 9.53 Å². The Balaban J connectivity index is 2.04. The second kappa shape index (κ2) is 9.84. The molecule has 126 valence electrons. The molecule has 0 aliphatic rings. The van der Waals surface area contributed by atoms with Crippen LogP contribution in [0.5, 0.6) is 0 Å². The average Bonchev–Trinajstić information content (AvgIpc) is 2.66. The number of ether oxygens (including phenoxy) is 1. The number of rotatable bonds is 7. The highest BCUT2D eigenvalue weighted by molar-refractivity contribution is 5.97. The second-order valence-corrected chi connectivity index (χ2v) is 5.44. The highest BCUT2D eigenvalue weighted by atomic mass is 16.5. The monoisotopic (exact) mass is 332 g/mol. The predicted molar refractivity (Wildman–Crippen MR) is 99.1 cm³/mol. The molecule has 4 heteroatoms. The number of nitrogens with zero attached hydrogens (tertiary/aromatic N) is 2. The van der Waals surface area contributed by atoms with E-state index in [0.717, 1.165) is 29.5 Å². The van der Waals surface area contributed by atoms with Crippen LogP contribution >= 0.6 is 0 Å². The van der Waals surface area contributed by atoms with E-state index >= 15 is 0 Å². The molecule has 25 heavy (non-hydrogen) atoms. The van der Waals surface area contributed by atoms with E-state index in [9.17, 15) is 4.79 Å². The summed E-state index contributed by atoms with van der Waals surface area (Å²) in [5.41, 5.74) is 2.89. The number of hydrogen-bond acceptors (Lipinski definition) is 4. The van der Waals surface area contributed by atoms with Crippen molar-refractivity contribution in [1.29, 1.82) is 5.26 Å². The number of aromatic nitrogens is 1. The van der Waals surface area contributed by atoms with Gasteiger partial charge >= 0.3 is 5.97 Å². The first-order chi connectivity index (χ1) is 12.2. The molecule has 0 amide bonds. The number of pyridine rings is 1. The summed E-state index contributed by atoms with van der Waals surface area (Å²) in [6.45, 7) is 2.35. The minimum absolute atomic E-state index is 0.0104. The first-order valence-electron chi connectivity index (χ1n) is 8.20. The van der Waals surface area contributed by atoms with Crippen LogP contribution in [0.2, 0.25) is 0 Å². The summed E-state index contributed by atoms with van der Waals surface area (Å²) in [5, 5.41) is 9.14. The molecule has 0 bridgehead atoms. The van der Waals surface area contributed by atoms with Crippen LogP contribution in [0.1, 0.15) is 36.5 Å². The van der Waals surface area contributed by atoms with Crippen LogP contribution in [0.25, 0.3) is 18.2 Å². The lowest BCUT2D eigenvalue weighted by Crippen LogP contribution is -2.07. The van der Waals surface area contributed by atoms with Gasteiger partial charge in [-0.25, -0.2) is 4.79 Å². The normalized spacial score (nSPS) is 11.3. The molecule has 1 aromatic heterocycles. The van der Waals surface area contributed by atoms with Crippen LogP contribution in [0, 0.1) is 11.3 Å². The Bertz CT molecular complexity index is 785. The van der Waals surface area contributed by atoms with E-state index in [1.165, 1.54) is 0 Å². The molecule has 2 aromatic rings. The maximum Gasteiger partial charge on any atom is 0.348 e. The van der Waals surface area contributed by atoms with Crippen LogP contribution in [-0.4, -0.2) is 17.6 Å². The third-order valence-corrected chi connectivity index (χ3v) is 3.49. The number of esters is 1. The standard InChI is InChI=1S/C21H20N2O2/c1-2-3-14-25-21(24)20(16-22)15-19-8-6-17(7-9-19)4-5-18-10-12-23-13-11-18/h4-13,15H,2-3,14H2,1H3/b5-4+,20-15+. The van der Waals surface area contributed by atoms with E-state index in [4.69, 9.17) is 10.00 Å². The van der Waals surface area contributed by atoms with E-state index < -0.39 is 5.97 Å². The second-order valence-electron chi connectivity index (χ2n) is 5.44. The minimum Gasteiger partial charge on any atom is -0.462 e. The molecular weight excluding hydrogens is 312 g/mol. The van der Waals surface area contributed by atoms with E-state index in [1.54, 1.807) is 18.5 Å². The molecule has 0 aliphatic heterocycles. The van der Waals surface area contributed by atoms with Crippen molar-refractivity contribution in [3.8, 4) is 6.07 Å². The van der Waals surface area contributed by atoms with Crippen molar-refractivity contribution in [3.05, 3.63) is 71.1 Å². The smallest absolute Gasteiger partial charge is 0.348 e. The van der Waals surface area contributed by atoms with Crippen molar-refractivity contribution >= 4 is 24.2 Å². The average molecular weight is 332 g/mol. The molecule has 1 aromatic carbocycles. The van der Waals surface area contributed by atoms with Gasteiger partial charge in [-0.15, -0.1) is 0 Å². The van der Waals surface area contributed by atoms with Gasteiger partial charge in [0.1, 0.15) is 11.6 Å². The molecule has 0 spiro atoms. The third-order valence-electron chi connectivity index (χ3n) is 3.49. The number of hydrogen-bond donors (Lipinski definition) is 0. The maximum absolute atomic E-state index is 11.9. The van der Waals surface area contributed by atoms with E-state index in [0.29, 0.717) is 6.61 Å². The van der Waals surface area contributed by atoms with E-state index in [1.807, 2.05) is 61.5 Å². The van der Waals surface area contributed by atoms with Gasteiger partial charge in [-0.2, -0.15) is 5.26 Å². The zero-order chi connectivity index (χ0) is 17.9. The van der Waals surface area contributed by atoms with Crippen LogP contribution in [0.3, 0.4) is 0 Å². The Labute approximate surface area is 148 Å². The van der Waals surface area contributed by atoms with Gasteiger partial charge in [0.2, 0.25) is 0 Å². The number of carbonyl (C=O) groups is 1. The first-order valence-corrected chi connectivity index (χ1v) is 8.20. The topological polar surface area (TPSA) is 63.0 Å². The summed E-state index contributed by atoms with van der Waals surface area (Å²) in [6.07, 6.45) is 10.8. The van der Waals surface area contributed by atoms with Crippen molar-refractivity contribution in [2.75, 3.05) is 6.61 Å². The van der Waals surface area contributed by atoms with Gasteiger partial charge in [0.05, 0.1) is 6.61 Å². The van der Waals surface area contributed by atoms with Gasteiger partial charge in [0.25, 0.3) is 0 Å². The molecule has 0 saturated carbocycles. The van der Waals surface area contributed by atoms with Gasteiger partial charge < -0.3 is 4.74 Å². The van der Waals surface area contributed by atoms with Crippen LogP contribution in [-0.2, 0) is 9.53 Å². The lowest BCUT2D eigenvalue weighted by atomic mass is 10.1. The highest BCUT2D eigenvalue weighted by Crippen LogP contribution is 2.13. The molecule has 1 heterocycles. The fourth-order valence-electron chi connectivity index (χ4n) is 2.06. The highest BCUT2D eigenvalue weighted by Gasteiger charge is 2.10. The Morgan fingerprint density at radius 3 is 2.28 bits per heavy atom. The molecule has 0 saturated heterocycles. The van der Waals surface area contributed by atoms with Crippen LogP contribution < -0.4 is 0 Å². The van der Waals surface area contributed by atoms with Gasteiger partial charge in [0, 0.05) is 12.4 Å². The molecule has 0 aliphatic carbocycles. The quantitative estimate of drug-likeness (QED) is 0.324.